The van der Waals surface area contributed by atoms with E-state index in [2.05, 4.69) is 20.6 Å². The Hall–Kier alpha value is -2.49. The molecule has 3 rings (SSSR count). The van der Waals surface area contributed by atoms with Crippen molar-refractivity contribution in [2.45, 2.75) is 6.10 Å². The number of nitrogens with one attached hydrogen (secondary N) is 2. The molecule has 0 amide bonds. The minimum absolute atomic E-state index is 0.110. The standard InChI is InChI=1S/C15H15N5O/c16-7-11-8-18-15(19-9-11)20-13-3-1-12(2-4-13)14-10-17-5-6-21-14/h1-4,8-9,14,17H,5-6,10H2,(H,18,19,20). The molecule has 0 spiro atoms. The number of hydrogen-bond donors (Lipinski definition) is 2. The third-order valence-corrected chi connectivity index (χ3v) is 3.25. The first kappa shape index (κ1) is 13.5. The quantitative estimate of drug-likeness (QED) is 0.892. The van der Waals surface area contributed by atoms with Crippen molar-refractivity contribution in [1.82, 2.24) is 15.3 Å². The second-order valence-corrected chi connectivity index (χ2v) is 4.72. The Labute approximate surface area is 122 Å². The molecule has 0 aliphatic carbocycles. The zero-order chi connectivity index (χ0) is 14.5. The predicted octanol–water partition coefficient (Wildman–Crippen LogP) is 1.75. The van der Waals surface area contributed by atoms with Crippen molar-refractivity contribution < 1.29 is 4.74 Å². The van der Waals surface area contributed by atoms with Crippen molar-refractivity contribution in [3.63, 3.8) is 0 Å². The summed E-state index contributed by atoms with van der Waals surface area (Å²) in [5.74, 6) is 0.470. The first-order valence-corrected chi connectivity index (χ1v) is 6.76. The smallest absolute Gasteiger partial charge is 0.227 e. The van der Waals surface area contributed by atoms with Crippen LogP contribution in [0, 0.1) is 11.3 Å². The number of aromatic nitrogens is 2. The number of rotatable bonds is 3. The molecule has 1 aliphatic heterocycles. The summed E-state index contributed by atoms with van der Waals surface area (Å²) in [5.41, 5.74) is 2.48. The molecule has 6 nitrogen and oxygen atoms in total. The van der Waals surface area contributed by atoms with Gasteiger partial charge in [0.1, 0.15) is 6.07 Å². The Kier molecular flexibility index (Phi) is 4.05. The van der Waals surface area contributed by atoms with Crippen LogP contribution in [0.4, 0.5) is 11.6 Å². The maximum Gasteiger partial charge on any atom is 0.227 e. The molecule has 1 fully saturated rings. The Morgan fingerprint density at radius 2 is 2.00 bits per heavy atom. The highest BCUT2D eigenvalue weighted by Crippen LogP contribution is 2.21. The minimum Gasteiger partial charge on any atom is -0.371 e. The number of morpholine rings is 1. The predicted molar refractivity (Wildman–Crippen MR) is 78.0 cm³/mol. The average molecular weight is 281 g/mol. The Morgan fingerprint density at radius 1 is 1.24 bits per heavy atom. The van der Waals surface area contributed by atoms with Crippen LogP contribution in [0.2, 0.25) is 0 Å². The second-order valence-electron chi connectivity index (χ2n) is 4.72. The van der Waals surface area contributed by atoms with Crippen LogP contribution < -0.4 is 10.6 Å². The van der Waals surface area contributed by atoms with E-state index in [-0.39, 0.29) is 6.10 Å². The molecule has 1 atom stereocenters. The number of ether oxygens (including phenoxy) is 1. The first-order chi connectivity index (χ1) is 10.3. The molecular formula is C15H15N5O. The van der Waals surface area contributed by atoms with E-state index >= 15 is 0 Å². The normalized spacial score (nSPS) is 18.0. The highest BCUT2D eigenvalue weighted by Gasteiger charge is 2.15. The number of nitriles is 1. The molecule has 2 aromatic rings. The van der Waals surface area contributed by atoms with Crippen LogP contribution in [0.3, 0.4) is 0 Å². The average Bonchev–Trinajstić information content (AvgIpc) is 2.57. The fourth-order valence-corrected chi connectivity index (χ4v) is 2.14. The summed E-state index contributed by atoms with van der Waals surface area (Å²) in [6.07, 6.45) is 3.09. The molecule has 1 saturated heterocycles. The van der Waals surface area contributed by atoms with E-state index in [4.69, 9.17) is 10.00 Å². The molecule has 0 bridgehead atoms. The largest absolute Gasteiger partial charge is 0.371 e. The zero-order valence-corrected chi connectivity index (χ0v) is 11.4. The second kappa shape index (κ2) is 6.31. The zero-order valence-electron chi connectivity index (χ0n) is 11.4. The summed E-state index contributed by atoms with van der Waals surface area (Å²) in [5, 5.41) is 15.1. The number of anilines is 2. The van der Waals surface area contributed by atoms with Crippen molar-refractivity contribution in [1.29, 1.82) is 5.26 Å². The lowest BCUT2D eigenvalue weighted by Crippen LogP contribution is -2.33. The lowest BCUT2D eigenvalue weighted by molar-refractivity contribution is 0.0277. The van der Waals surface area contributed by atoms with E-state index < -0.39 is 0 Å². The molecule has 1 aromatic heterocycles. The maximum atomic E-state index is 8.71. The highest BCUT2D eigenvalue weighted by atomic mass is 16.5. The minimum atomic E-state index is 0.110. The van der Waals surface area contributed by atoms with Crippen LogP contribution in [0.15, 0.2) is 36.7 Å². The fourth-order valence-electron chi connectivity index (χ4n) is 2.14. The van der Waals surface area contributed by atoms with E-state index in [0.29, 0.717) is 11.5 Å². The van der Waals surface area contributed by atoms with Crippen molar-refractivity contribution in [2.75, 3.05) is 25.0 Å². The summed E-state index contributed by atoms with van der Waals surface area (Å²) in [6, 6.07) is 9.99. The Morgan fingerprint density at radius 3 is 2.62 bits per heavy atom. The van der Waals surface area contributed by atoms with Gasteiger partial charge < -0.3 is 15.4 Å². The molecule has 21 heavy (non-hydrogen) atoms. The van der Waals surface area contributed by atoms with Gasteiger partial charge in [-0.05, 0) is 17.7 Å². The lowest BCUT2D eigenvalue weighted by atomic mass is 10.1. The molecule has 2 N–H and O–H groups in total. The van der Waals surface area contributed by atoms with E-state index in [0.717, 1.165) is 30.9 Å². The third-order valence-electron chi connectivity index (χ3n) is 3.25. The highest BCUT2D eigenvalue weighted by molar-refractivity contribution is 5.53. The van der Waals surface area contributed by atoms with Gasteiger partial charge in [0.2, 0.25) is 5.95 Å². The van der Waals surface area contributed by atoms with E-state index in [9.17, 15) is 0 Å². The van der Waals surface area contributed by atoms with Crippen LogP contribution in [-0.2, 0) is 4.74 Å². The van der Waals surface area contributed by atoms with Crippen LogP contribution in [-0.4, -0.2) is 29.7 Å². The van der Waals surface area contributed by atoms with Crippen LogP contribution >= 0.6 is 0 Å². The van der Waals surface area contributed by atoms with Gasteiger partial charge in [0, 0.05) is 18.8 Å². The van der Waals surface area contributed by atoms with Crippen molar-refractivity contribution in [3.8, 4) is 6.07 Å². The molecule has 0 radical (unpaired) electrons. The van der Waals surface area contributed by atoms with Crippen LogP contribution in [0.5, 0.6) is 0 Å². The Balaban J connectivity index is 1.67. The van der Waals surface area contributed by atoms with Crippen LogP contribution in [0.1, 0.15) is 17.2 Å². The van der Waals surface area contributed by atoms with Gasteiger partial charge >= 0.3 is 0 Å². The monoisotopic (exact) mass is 281 g/mol. The summed E-state index contributed by atoms with van der Waals surface area (Å²) in [7, 11) is 0. The van der Waals surface area contributed by atoms with Gasteiger partial charge in [0.05, 0.1) is 30.7 Å². The van der Waals surface area contributed by atoms with Gasteiger partial charge in [0.15, 0.2) is 0 Å². The van der Waals surface area contributed by atoms with E-state index in [1.165, 1.54) is 12.4 Å². The van der Waals surface area contributed by atoms with E-state index in [1.54, 1.807) is 0 Å². The number of hydrogen-bond acceptors (Lipinski definition) is 6. The number of benzene rings is 1. The molecule has 1 unspecified atom stereocenters. The van der Waals surface area contributed by atoms with Gasteiger partial charge in [0.25, 0.3) is 0 Å². The summed E-state index contributed by atoms with van der Waals surface area (Å²) in [4.78, 5) is 8.16. The molecule has 0 saturated carbocycles. The molecule has 1 aliphatic rings. The summed E-state index contributed by atoms with van der Waals surface area (Å²) < 4.78 is 5.71. The summed E-state index contributed by atoms with van der Waals surface area (Å²) >= 11 is 0. The van der Waals surface area contributed by atoms with Gasteiger partial charge in [-0.2, -0.15) is 5.26 Å². The van der Waals surface area contributed by atoms with Crippen molar-refractivity contribution in [3.05, 3.63) is 47.8 Å². The molecule has 1 aromatic carbocycles. The molecule has 106 valence electrons. The SMILES string of the molecule is N#Cc1cnc(Nc2ccc(C3CNCCO3)cc2)nc1. The lowest BCUT2D eigenvalue weighted by Gasteiger charge is -2.24. The van der Waals surface area contributed by atoms with Gasteiger partial charge in [-0.3, -0.25) is 0 Å². The van der Waals surface area contributed by atoms with Gasteiger partial charge in [-0.25, -0.2) is 9.97 Å². The van der Waals surface area contributed by atoms with Gasteiger partial charge in [-0.15, -0.1) is 0 Å². The maximum absolute atomic E-state index is 8.71. The fraction of sp³-hybridized carbons (Fsp3) is 0.267. The number of nitrogens with zero attached hydrogens (tertiary/aromatic N) is 3. The summed E-state index contributed by atoms with van der Waals surface area (Å²) in [6.45, 7) is 2.49. The third kappa shape index (κ3) is 3.34. The molecule has 2 heterocycles. The first-order valence-electron chi connectivity index (χ1n) is 6.76. The van der Waals surface area contributed by atoms with Gasteiger partial charge in [-0.1, -0.05) is 12.1 Å². The molecular weight excluding hydrogens is 266 g/mol. The topological polar surface area (TPSA) is 82.9 Å². The van der Waals surface area contributed by atoms with Crippen LogP contribution in [0.25, 0.3) is 0 Å². The van der Waals surface area contributed by atoms with Crippen molar-refractivity contribution in [2.24, 2.45) is 0 Å². The Bertz CT molecular complexity index is 627. The molecule has 6 heteroatoms. The van der Waals surface area contributed by atoms with E-state index in [1.807, 2.05) is 30.3 Å². The van der Waals surface area contributed by atoms with Crippen molar-refractivity contribution >= 4 is 11.6 Å².